The van der Waals surface area contributed by atoms with Gasteiger partial charge in [0, 0.05) is 0 Å². The second-order valence-electron chi connectivity index (χ2n) is 2.26. The van der Waals surface area contributed by atoms with Crippen molar-refractivity contribution in [2.45, 2.75) is 12.2 Å². The van der Waals surface area contributed by atoms with Crippen LogP contribution in [0.4, 0.5) is 0 Å². The number of carboxylic acid groups (broad SMARTS) is 2. The van der Waals surface area contributed by atoms with Crippen molar-refractivity contribution in [1.82, 2.24) is 0 Å². The number of carboxylic acids is 2. The van der Waals surface area contributed by atoms with E-state index in [-0.39, 0.29) is 13.2 Å². The van der Waals surface area contributed by atoms with Gasteiger partial charge in [0.15, 0.2) is 12.2 Å². The Kier molecular flexibility index (Phi) is 2.61. The lowest BCUT2D eigenvalue weighted by Gasteiger charge is -2.25. The number of ether oxygens (including phenoxy) is 2. The van der Waals surface area contributed by atoms with E-state index in [4.69, 9.17) is 19.7 Å². The summed E-state index contributed by atoms with van der Waals surface area (Å²) < 4.78 is 9.42. The van der Waals surface area contributed by atoms with Crippen LogP contribution in [0.5, 0.6) is 0 Å². The highest BCUT2D eigenvalue weighted by Gasteiger charge is 2.38. The largest absolute Gasteiger partial charge is 0.479 e. The van der Waals surface area contributed by atoms with Crippen LogP contribution in [0.2, 0.25) is 0 Å². The zero-order chi connectivity index (χ0) is 9.14. The topological polar surface area (TPSA) is 93.1 Å². The number of hydrogen-bond acceptors (Lipinski definition) is 4. The fourth-order valence-electron chi connectivity index (χ4n) is 0.927. The van der Waals surface area contributed by atoms with E-state index < -0.39 is 24.1 Å². The van der Waals surface area contributed by atoms with Crippen molar-refractivity contribution in [3.63, 3.8) is 0 Å². The van der Waals surface area contributed by atoms with Gasteiger partial charge in [0.1, 0.15) is 0 Å². The second-order valence-corrected chi connectivity index (χ2v) is 2.26. The highest BCUT2D eigenvalue weighted by atomic mass is 16.6. The molecule has 0 aromatic rings. The van der Waals surface area contributed by atoms with Crippen LogP contribution in [0.15, 0.2) is 0 Å². The van der Waals surface area contributed by atoms with Crippen LogP contribution in [0, 0.1) is 0 Å². The molecule has 6 nitrogen and oxygen atoms in total. The minimum absolute atomic E-state index is 0.112. The molecule has 0 unspecified atom stereocenters. The van der Waals surface area contributed by atoms with E-state index in [0.717, 1.165) is 0 Å². The van der Waals surface area contributed by atoms with Crippen LogP contribution in [0.1, 0.15) is 0 Å². The lowest BCUT2D eigenvalue weighted by molar-refractivity contribution is -0.193. The zero-order valence-electron chi connectivity index (χ0n) is 6.10. The minimum atomic E-state index is -1.39. The molecule has 1 heterocycles. The summed E-state index contributed by atoms with van der Waals surface area (Å²) in [6.07, 6.45) is -2.78. The predicted molar refractivity (Wildman–Crippen MR) is 34.8 cm³/mol. The van der Waals surface area contributed by atoms with Crippen molar-refractivity contribution >= 4 is 11.9 Å². The van der Waals surface area contributed by atoms with Gasteiger partial charge in [0.05, 0.1) is 13.2 Å². The maximum absolute atomic E-state index is 10.4. The Labute approximate surface area is 67.7 Å². The molecule has 1 aliphatic heterocycles. The summed E-state index contributed by atoms with van der Waals surface area (Å²) in [7, 11) is 0. The Balaban J connectivity index is 2.67. The number of rotatable bonds is 2. The van der Waals surface area contributed by atoms with E-state index in [1.165, 1.54) is 0 Å². The van der Waals surface area contributed by atoms with Crippen LogP contribution in [-0.4, -0.2) is 47.6 Å². The number of aliphatic carboxylic acids is 2. The first-order valence-electron chi connectivity index (χ1n) is 3.31. The Hall–Kier alpha value is -1.14. The van der Waals surface area contributed by atoms with Crippen molar-refractivity contribution in [2.24, 2.45) is 0 Å². The van der Waals surface area contributed by atoms with Crippen molar-refractivity contribution in [3.8, 4) is 0 Å². The molecule has 12 heavy (non-hydrogen) atoms. The molecule has 2 atom stereocenters. The van der Waals surface area contributed by atoms with Crippen molar-refractivity contribution in [3.05, 3.63) is 0 Å². The fourth-order valence-corrected chi connectivity index (χ4v) is 0.927. The molecule has 0 aromatic carbocycles. The Morgan fingerprint density at radius 1 is 1.00 bits per heavy atom. The SMILES string of the molecule is O=C(O)[C@H]1OCCO[C@H]1C(=O)O. The van der Waals surface area contributed by atoms with E-state index in [1.54, 1.807) is 0 Å². The van der Waals surface area contributed by atoms with Gasteiger partial charge in [-0.2, -0.15) is 0 Å². The zero-order valence-corrected chi connectivity index (χ0v) is 6.10. The third-order valence-corrected chi connectivity index (χ3v) is 1.44. The van der Waals surface area contributed by atoms with Gasteiger partial charge in [-0.25, -0.2) is 9.59 Å². The molecule has 1 rings (SSSR count). The molecule has 0 aliphatic carbocycles. The monoisotopic (exact) mass is 176 g/mol. The maximum atomic E-state index is 10.4. The maximum Gasteiger partial charge on any atom is 0.336 e. The van der Waals surface area contributed by atoms with Gasteiger partial charge >= 0.3 is 11.9 Å². The molecule has 0 spiro atoms. The van der Waals surface area contributed by atoms with Gasteiger partial charge in [0.2, 0.25) is 0 Å². The summed E-state index contributed by atoms with van der Waals surface area (Å²) in [6, 6.07) is 0. The summed E-state index contributed by atoms with van der Waals surface area (Å²) in [5.41, 5.74) is 0. The average molecular weight is 176 g/mol. The lowest BCUT2D eigenvalue weighted by atomic mass is 10.2. The highest BCUT2D eigenvalue weighted by Crippen LogP contribution is 2.10. The summed E-state index contributed by atoms with van der Waals surface area (Å²) >= 11 is 0. The first-order chi connectivity index (χ1) is 5.63. The van der Waals surface area contributed by atoms with Crippen LogP contribution >= 0.6 is 0 Å². The summed E-state index contributed by atoms with van der Waals surface area (Å²) in [5, 5.41) is 17.0. The molecule has 1 aliphatic rings. The molecular weight excluding hydrogens is 168 g/mol. The Morgan fingerprint density at radius 2 is 1.33 bits per heavy atom. The first kappa shape index (κ1) is 8.95. The van der Waals surface area contributed by atoms with Crippen molar-refractivity contribution < 1.29 is 29.3 Å². The molecule has 0 radical (unpaired) electrons. The summed E-state index contributed by atoms with van der Waals surface area (Å²) in [5.74, 6) is -2.63. The van der Waals surface area contributed by atoms with Crippen molar-refractivity contribution in [1.29, 1.82) is 0 Å². The van der Waals surface area contributed by atoms with E-state index in [2.05, 4.69) is 0 Å². The van der Waals surface area contributed by atoms with Crippen LogP contribution in [-0.2, 0) is 19.1 Å². The summed E-state index contributed by atoms with van der Waals surface area (Å²) in [4.78, 5) is 20.8. The molecule has 0 amide bonds. The molecule has 6 heteroatoms. The Morgan fingerprint density at radius 3 is 1.58 bits per heavy atom. The Bertz CT molecular complexity index is 178. The number of carbonyl (C=O) groups is 2. The molecule has 0 aromatic heterocycles. The van der Waals surface area contributed by atoms with E-state index >= 15 is 0 Å². The second kappa shape index (κ2) is 3.51. The molecule has 0 saturated carbocycles. The molecule has 1 fully saturated rings. The minimum Gasteiger partial charge on any atom is -0.479 e. The highest BCUT2D eigenvalue weighted by molar-refractivity contribution is 5.83. The molecule has 2 N–H and O–H groups in total. The predicted octanol–water partition coefficient (Wildman–Crippen LogP) is -1.06. The van der Waals surface area contributed by atoms with Gasteiger partial charge < -0.3 is 19.7 Å². The molecule has 68 valence electrons. The third kappa shape index (κ3) is 1.72. The van der Waals surface area contributed by atoms with E-state index in [1.807, 2.05) is 0 Å². The smallest absolute Gasteiger partial charge is 0.336 e. The summed E-state index contributed by atoms with van der Waals surface area (Å²) in [6.45, 7) is 0.224. The molecule has 0 bridgehead atoms. The van der Waals surface area contributed by atoms with Crippen LogP contribution in [0.3, 0.4) is 0 Å². The number of hydrogen-bond donors (Lipinski definition) is 2. The van der Waals surface area contributed by atoms with E-state index in [0.29, 0.717) is 0 Å². The van der Waals surface area contributed by atoms with Crippen molar-refractivity contribution in [2.75, 3.05) is 13.2 Å². The standard InChI is InChI=1S/C6H8O6/c7-5(8)3-4(6(9)10)12-2-1-11-3/h3-4H,1-2H2,(H,7,8)(H,9,10)/t3-,4+. The lowest BCUT2D eigenvalue weighted by Crippen LogP contribution is -2.48. The van der Waals surface area contributed by atoms with Gasteiger partial charge in [0.25, 0.3) is 0 Å². The van der Waals surface area contributed by atoms with Crippen LogP contribution < -0.4 is 0 Å². The normalized spacial score (nSPS) is 29.7. The first-order valence-corrected chi connectivity index (χ1v) is 3.31. The quantitative estimate of drug-likeness (QED) is 0.557. The average Bonchev–Trinajstić information content (AvgIpc) is 2.04. The van der Waals surface area contributed by atoms with Gasteiger partial charge in [-0.3, -0.25) is 0 Å². The fraction of sp³-hybridized carbons (Fsp3) is 0.667. The molecular formula is C6H8O6. The van der Waals surface area contributed by atoms with Crippen LogP contribution in [0.25, 0.3) is 0 Å². The van der Waals surface area contributed by atoms with E-state index in [9.17, 15) is 9.59 Å². The van der Waals surface area contributed by atoms with Gasteiger partial charge in [-0.1, -0.05) is 0 Å². The third-order valence-electron chi connectivity index (χ3n) is 1.44. The van der Waals surface area contributed by atoms with Gasteiger partial charge in [-0.15, -0.1) is 0 Å². The molecule has 1 saturated heterocycles. The van der Waals surface area contributed by atoms with Gasteiger partial charge in [-0.05, 0) is 0 Å².